The Morgan fingerprint density at radius 2 is 1.52 bits per heavy atom. The molecule has 1 atom stereocenters. The van der Waals surface area contributed by atoms with Crippen molar-refractivity contribution in [2.75, 3.05) is 41.7 Å². The van der Waals surface area contributed by atoms with Gasteiger partial charge in [-0.2, -0.15) is 15.0 Å². The third kappa shape index (κ3) is 3.18. The molecule has 1 aromatic rings. The van der Waals surface area contributed by atoms with Crippen LogP contribution < -0.4 is 15.5 Å². The molecule has 0 bridgehead atoms. The molecule has 0 saturated carbocycles. The minimum atomic E-state index is -0.240. The van der Waals surface area contributed by atoms with Gasteiger partial charge in [0, 0.05) is 26.2 Å². The summed E-state index contributed by atoms with van der Waals surface area (Å²) in [4.78, 5) is 17.5. The van der Waals surface area contributed by atoms with Crippen molar-refractivity contribution in [2.45, 2.75) is 38.7 Å². The van der Waals surface area contributed by atoms with Crippen LogP contribution in [0.4, 0.5) is 17.8 Å². The van der Waals surface area contributed by atoms with Crippen molar-refractivity contribution in [3.05, 3.63) is 0 Å². The summed E-state index contributed by atoms with van der Waals surface area (Å²) in [6, 6.07) is 0. The van der Waals surface area contributed by atoms with Gasteiger partial charge in [0.25, 0.3) is 0 Å². The molecule has 2 saturated heterocycles. The molecule has 7 heteroatoms. The van der Waals surface area contributed by atoms with Gasteiger partial charge in [0.1, 0.15) is 0 Å². The summed E-state index contributed by atoms with van der Waals surface area (Å²) in [5, 5.41) is 9.68. The average Bonchev–Trinajstić information content (AvgIpc) is 3.01. The van der Waals surface area contributed by atoms with Crippen molar-refractivity contribution in [1.82, 2.24) is 15.0 Å². The van der Waals surface area contributed by atoms with Crippen LogP contribution in [0.2, 0.25) is 0 Å². The SMILES string of the molecule is CC(O)C1CCN(c2nc(N)nc(N3CCCC3)n2)CC1. The molecule has 1 unspecified atom stereocenters. The highest BCUT2D eigenvalue weighted by Crippen LogP contribution is 2.25. The fourth-order valence-corrected chi connectivity index (χ4v) is 3.15. The molecule has 21 heavy (non-hydrogen) atoms. The van der Waals surface area contributed by atoms with E-state index < -0.39 is 0 Å². The standard InChI is InChI=1S/C14H24N6O/c1-10(21)11-4-8-20(9-5-11)14-17-12(15)16-13(18-14)19-6-2-3-7-19/h10-11,21H,2-9H2,1H3,(H2,15,16,17,18). The van der Waals surface area contributed by atoms with E-state index in [9.17, 15) is 5.11 Å². The Morgan fingerprint density at radius 1 is 1.00 bits per heavy atom. The molecule has 0 aliphatic carbocycles. The van der Waals surface area contributed by atoms with Crippen LogP contribution in [0.1, 0.15) is 32.6 Å². The van der Waals surface area contributed by atoms with Crippen LogP contribution in [0.15, 0.2) is 0 Å². The van der Waals surface area contributed by atoms with Crippen LogP contribution in [0.25, 0.3) is 0 Å². The lowest BCUT2D eigenvalue weighted by Gasteiger charge is -2.33. The van der Waals surface area contributed by atoms with Crippen LogP contribution in [-0.2, 0) is 0 Å². The summed E-state index contributed by atoms with van der Waals surface area (Å²) in [6.45, 7) is 5.57. The smallest absolute Gasteiger partial charge is 0.231 e. The van der Waals surface area contributed by atoms with Crippen LogP contribution >= 0.6 is 0 Å². The summed E-state index contributed by atoms with van der Waals surface area (Å²) in [7, 11) is 0. The molecule has 7 nitrogen and oxygen atoms in total. The molecule has 3 heterocycles. The van der Waals surface area contributed by atoms with E-state index in [1.165, 1.54) is 12.8 Å². The van der Waals surface area contributed by atoms with Crippen molar-refractivity contribution in [3.8, 4) is 0 Å². The highest BCUT2D eigenvalue weighted by Gasteiger charge is 2.25. The Hall–Kier alpha value is -1.63. The first-order valence-corrected chi connectivity index (χ1v) is 7.83. The first-order valence-electron chi connectivity index (χ1n) is 7.83. The second-order valence-corrected chi connectivity index (χ2v) is 6.05. The highest BCUT2D eigenvalue weighted by atomic mass is 16.3. The molecule has 116 valence electrons. The number of rotatable bonds is 3. The van der Waals surface area contributed by atoms with Crippen LogP contribution in [0, 0.1) is 5.92 Å². The second-order valence-electron chi connectivity index (χ2n) is 6.05. The van der Waals surface area contributed by atoms with E-state index in [0.717, 1.165) is 39.0 Å². The van der Waals surface area contributed by atoms with Gasteiger partial charge in [-0.3, -0.25) is 0 Å². The fourth-order valence-electron chi connectivity index (χ4n) is 3.15. The van der Waals surface area contributed by atoms with Crippen molar-refractivity contribution in [3.63, 3.8) is 0 Å². The largest absolute Gasteiger partial charge is 0.393 e. The van der Waals surface area contributed by atoms with Crippen molar-refractivity contribution in [1.29, 1.82) is 0 Å². The number of anilines is 3. The van der Waals surface area contributed by atoms with Crippen molar-refractivity contribution in [2.24, 2.45) is 5.92 Å². The summed E-state index contributed by atoms with van der Waals surface area (Å²) in [6.07, 6.45) is 4.04. The Morgan fingerprint density at radius 3 is 2.05 bits per heavy atom. The fraction of sp³-hybridized carbons (Fsp3) is 0.786. The van der Waals surface area contributed by atoms with Crippen LogP contribution in [-0.4, -0.2) is 52.3 Å². The maximum absolute atomic E-state index is 9.68. The highest BCUT2D eigenvalue weighted by molar-refractivity contribution is 5.44. The normalized spacial score (nSPS) is 21.8. The minimum Gasteiger partial charge on any atom is -0.393 e. The molecule has 1 aromatic heterocycles. The number of aliphatic hydroxyl groups is 1. The second kappa shape index (κ2) is 6.01. The minimum absolute atomic E-state index is 0.240. The van der Waals surface area contributed by atoms with E-state index in [2.05, 4.69) is 24.8 Å². The molecule has 3 N–H and O–H groups in total. The first-order chi connectivity index (χ1) is 10.1. The number of aliphatic hydroxyl groups excluding tert-OH is 1. The average molecular weight is 292 g/mol. The Kier molecular flexibility index (Phi) is 4.10. The zero-order chi connectivity index (χ0) is 14.8. The van der Waals surface area contributed by atoms with Crippen molar-refractivity contribution < 1.29 is 5.11 Å². The molecular formula is C14H24N6O. The van der Waals surface area contributed by atoms with Crippen LogP contribution in [0.5, 0.6) is 0 Å². The molecule has 0 radical (unpaired) electrons. The molecule has 3 rings (SSSR count). The van der Waals surface area contributed by atoms with E-state index >= 15 is 0 Å². The van der Waals surface area contributed by atoms with Gasteiger partial charge in [-0.15, -0.1) is 0 Å². The summed E-state index contributed by atoms with van der Waals surface area (Å²) < 4.78 is 0. The van der Waals surface area contributed by atoms with Gasteiger partial charge in [0.05, 0.1) is 6.10 Å². The summed E-state index contributed by atoms with van der Waals surface area (Å²) >= 11 is 0. The summed E-state index contributed by atoms with van der Waals surface area (Å²) in [5.41, 5.74) is 5.85. The lowest BCUT2D eigenvalue weighted by Crippen LogP contribution is -2.38. The van der Waals surface area contributed by atoms with Gasteiger partial charge in [0.2, 0.25) is 17.8 Å². The van der Waals surface area contributed by atoms with Gasteiger partial charge in [0.15, 0.2) is 0 Å². The van der Waals surface area contributed by atoms with Crippen molar-refractivity contribution >= 4 is 17.8 Å². The monoisotopic (exact) mass is 292 g/mol. The maximum Gasteiger partial charge on any atom is 0.231 e. The molecule has 2 fully saturated rings. The topological polar surface area (TPSA) is 91.4 Å². The third-order valence-corrected chi connectivity index (χ3v) is 4.52. The molecule has 2 aliphatic heterocycles. The number of nitrogens with zero attached hydrogens (tertiary/aromatic N) is 5. The van der Waals surface area contributed by atoms with E-state index in [0.29, 0.717) is 23.8 Å². The summed E-state index contributed by atoms with van der Waals surface area (Å²) in [5.74, 6) is 2.04. The predicted molar refractivity (Wildman–Crippen MR) is 82.3 cm³/mol. The number of hydrogen-bond acceptors (Lipinski definition) is 7. The Balaban J connectivity index is 1.73. The Bertz CT molecular complexity index is 480. The van der Waals surface area contributed by atoms with Gasteiger partial charge in [-0.1, -0.05) is 0 Å². The molecule has 2 aliphatic rings. The maximum atomic E-state index is 9.68. The molecule has 0 spiro atoms. The lowest BCUT2D eigenvalue weighted by molar-refractivity contribution is 0.109. The quantitative estimate of drug-likeness (QED) is 0.845. The lowest BCUT2D eigenvalue weighted by atomic mass is 9.92. The number of nitrogen functional groups attached to an aromatic ring is 1. The predicted octanol–water partition coefficient (Wildman–Crippen LogP) is 0.651. The van der Waals surface area contributed by atoms with E-state index in [-0.39, 0.29) is 6.10 Å². The van der Waals surface area contributed by atoms with E-state index in [1.54, 1.807) is 0 Å². The van der Waals surface area contributed by atoms with Gasteiger partial charge in [-0.05, 0) is 38.5 Å². The molecule has 0 amide bonds. The van der Waals surface area contributed by atoms with E-state index in [4.69, 9.17) is 5.73 Å². The zero-order valence-corrected chi connectivity index (χ0v) is 12.6. The third-order valence-electron chi connectivity index (χ3n) is 4.52. The van der Waals surface area contributed by atoms with Gasteiger partial charge >= 0.3 is 0 Å². The van der Waals surface area contributed by atoms with Crippen LogP contribution in [0.3, 0.4) is 0 Å². The number of piperidine rings is 1. The Labute approximate surface area is 125 Å². The molecule has 0 aromatic carbocycles. The zero-order valence-electron chi connectivity index (χ0n) is 12.6. The van der Waals surface area contributed by atoms with E-state index in [1.807, 2.05) is 6.92 Å². The first kappa shape index (κ1) is 14.3. The van der Waals surface area contributed by atoms with Gasteiger partial charge < -0.3 is 20.6 Å². The number of aromatic nitrogens is 3. The number of nitrogens with two attached hydrogens (primary N) is 1. The number of hydrogen-bond donors (Lipinski definition) is 2. The van der Waals surface area contributed by atoms with Gasteiger partial charge in [-0.25, -0.2) is 0 Å². The molecular weight excluding hydrogens is 268 g/mol.